The number of carboxylic acid groups (broad SMARTS) is 1. The Morgan fingerprint density at radius 1 is 1.26 bits per heavy atom. The van der Waals surface area contributed by atoms with Gasteiger partial charge in [0, 0.05) is 13.6 Å². The number of halogens is 3. The lowest BCUT2D eigenvalue weighted by molar-refractivity contribution is -0.142. The van der Waals surface area contributed by atoms with Crippen LogP contribution in [0.1, 0.15) is 27.2 Å². The van der Waals surface area contributed by atoms with Crippen LogP contribution in [0.4, 0.5) is 18.0 Å². The van der Waals surface area contributed by atoms with Gasteiger partial charge in [-0.3, -0.25) is 0 Å². The van der Waals surface area contributed by atoms with Crippen molar-refractivity contribution in [1.82, 2.24) is 10.2 Å². The summed E-state index contributed by atoms with van der Waals surface area (Å²) in [7, 11) is 1.18. The fourth-order valence-corrected chi connectivity index (χ4v) is 1.28. The van der Waals surface area contributed by atoms with E-state index in [-0.39, 0.29) is 0 Å². The molecule has 0 aliphatic carbocycles. The number of alkyl halides is 3. The molecule has 5 nitrogen and oxygen atoms in total. The first-order chi connectivity index (χ1) is 8.34. The van der Waals surface area contributed by atoms with E-state index in [0.717, 1.165) is 4.90 Å². The SMILES string of the molecule is CN(CCC(F)(F)F)C(=O)N[C@@H](C(=O)O)C(C)(C)C. The number of amides is 2. The quantitative estimate of drug-likeness (QED) is 0.830. The standard InChI is InChI=1S/C11H19F3N2O3/c1-10(2,3)7(8(17)18)15-9(19)16(4)6-5-11(12,13)14/h7H,5-6H2,1-4H3,(H,15,19)(H,17,18)/t7-/m0/s1. The summed E-state index contributed by atoms with van der Waals surface area (Å²) in [4.78, 5) is 23.4. The molecule has 0 aliphatic heterocycles. The first kappa shape index (κ1) is 17.5. The predicted octanol–water partition coefficient (Wildman–Crippen LogP) is 2.08. The van der Waals surface area contributed by atoms with Crippen LogP contribution < -0.4 is 5.32 Å². The molecule has 0 saturated carbocycles. The molecule has 19 heavy (non-hydrogen) atoms. The van der Waals surface area contributed by atoms with E-state index in [1.807, 2.05) is 0 Å². The summed E-state index contributed by atoms with van der Waals surface area (Å²) in [5.74, 6) is -1.23. The average Bonchev–Trinajstić information content (AvgIpc) is 2.18. The number of carbonyl (C=O) groups excluding carboxylic acids is 1. The lowest BCUT2D eigenvalue weighted by atomic mass is 9.87. The Balaban J connectivity index is 4.54. The second-order valence-corrected chi connectivity index (χ2v) is 5.37. The maximum atomic E-state index is 12.0. The van der Waals surface area contributed by atoms with Crippen LogP contribution in [0.15, 0.2) is 0 Å². The highest BCUT2D eigenvalue weighted by Gasteiger charge is 2.34. The number of carbonyl (C=O) groups is 2. The summed E-state index contributed by atoms with van der Waals surface area (Å²) in [6, 6.07) is -2.01. The topological polar surface area (TPSA) is 69.6 Å². The van der Waals surface area contributed by atoms with E-state index in [2.05, 4.69) is 5.32 Å². The molecule has 112 valence electrons. The Bertz CT molecular complexity index is 337. The number of urea groups is 1. The number of rotatable bonds is 4. The van der Waals surface area contributed by atoms with Gasteiger partial charge in [0.1, 0.15) is 6.04 Å². The van der Waals surface area contributed by atoms with Crippen LogP contribution in [0.2, 0.25) is 0 Å². The molecule has 0 fully saturated rings. The largest absolute Gasteiger partial charge is 0.480 e. The zero-order valence-corrected chi connectivity index (χ0v) is 11.3. The van der Waals surface area contributed by atoms with Crippen LogP contribution in [-0.2, 0) is 4.79 Å². The highest BCUT2D eigenvalue weighted by molar-refractivity contribution is 5.83. The third-order valence-electron chi connectivity index (χ3n) is 2.46. The van der Waals surface area contributed by atoms with Crippen molar-refractivity contribution < 1.29 is 27.9 Å². The molecule has 0 unspecified atom stereocenters. The lowest BCUT2D eigenvalue weighted by Gasteiger charge is -2.29. The third-order valence-corrected chi connectivity index (χ3v) is 2.46. The third kappa shape index (κ3) is 6.88. The van der Waals surface area contributed by atoms with Gasteiger partial charge in [0.2, 0.25) is 0 Å². The summed E-state index contributed by atoms with van der Waals surface area (Å²) in [6.45, 7) is 4.32. The number of hydrogen-bond acceptors (Lipinski definition) is 2. The molecule has 0 radical (unpaired) electrons. The first-order valence-electron chi connectivity index (χ1n) is 5.66. The molecule has 1 atom stereocenters. The van der Waals surface area contributed by atoms with Crippen LogP contribution in [0.3, 0.4) is 0 Å². The van der Waals surface area contributed by atoms with E-state index in [1.54, 1.807) is 20.8 Å². The molecule has 0 heterocycles. The monoisotopic (exact) mass is 284 g/mol. The molecule has 0 aliphatic rings. The van der Waals surface area contributed by atoms with Gasteiger partial charge in [0.15, 0.2) is 0 Å². The second kappa shape index (κ2) is 6.12. The maximum Gasteiger partial charge on any atom is 0.390 e. The highest BCUT2D eigenvalue weighted by Crippen LogP contribution is 2.21. The van der Waals surface area contributed by atoms with Crippen molar-refractivity contribution in [2.24, 2.45) is 5.41 Å². The van der Waals surface area contributed by atoms with Gasteiger partial charge in [0.25, 0.3) is 0 Å². The van der Waals surface area contributed by atoms with Crippen molar-refractivity contribution in [1.29, 1.82) is 0 Å². The normalized spacial score (nSPS) is 13.8. The molecule has 2 amide bonds. The summed E-state index contributed by atoms with van der Waals surface area (Å²) in [5, 5.41) is 11.2. The van der Waals surface area contributed by atoms with E-state index in [0.29, 0.717) is 0 Å². The molecular formula is C11H19F3N2O3. The van der Waals surface area contributed by atoms with Crippen molar-refractivity contribution in [2.45, 2.75) is 39.4 Å². The Kier molecular flexibility index (Phi) is 5.64. The lowest BCUT2D eigenvalue weighted by Crippen LogP contribution is -2.52. The second-order valence-electron chi connectivity index (χ2n) is 5.37. The average molecular weight is 284 g/mol. The fraction of sp³-hybridized carbons (Fsp3) is 0.818. The number of nitrogens with zero attached hydrogens (tertiary/aromatic N) is 1. The van der Waals surface area contributed by atoms with Crippen molar-refractivity contribution in [2.75, 3.05) is 13.6 Å². The number of hydrogen-bond donors (Lipinski definition) is 2. The van der Waals surface area contributed by atoms with Gasteiger partial charge in [-0.25, -0.2) is 9.59 Å². The van der Waals surface area contributed by atoms with Crippen LogP contribution in [0, 0.1) is 5.41 Å². The molecule has 0 rings (SSSR count). The minimum atomic E-state index is -4.36. The van der Waals surface area contributed by atoms with Crippen molar-refractivity contribution in [3.63, 3.8) is 0 Å². The van der Waals surface area contributed by atoms with Crippen molar-refractivity contribution in [3.8, 4) is 0 Å². The smallest absolute Gasteiger partial charge is 0.390 e. The molecule has 2 N–H and O–H groups in total. The highest BCUT2D eigenvalue weighted by atomic mass is 19.4. The molecule has 0 aromatic rings. The van der Waals surface area contributed by atoms with Gasteiger partial charge in [-0.2, -0.15) is 13.2 Å². The van der Waals surface area contributed by atoms with Gasteiger partial charge in [-0.15, -0.1) is 0 Å². The zero-order valence-electron chi connectivity index (χ0n) is 11.3. The van der Waals surface area contributed by atoms with Gasteiger partial charge in [0.05, 0.1) is 6.42 Å². The zero-order chi connectivity index (χ0) is 15.4. The summed E-state index contributed by atoms with van der Waals surface area (Å²) >= 11 is 0. The van der Waals surface area contributed by atoms with E-state index >= 15 is 0 Å². The molecular weight excluding hydrogens is 265 g/mol. The Hall–Kier alpha value is -1.47. The van der Waals surface area contributed by atoms with Gasteiger partial charge in [-0.1, -0.05) is 20.8 Å². The maximum absolute atomic E-state index is 12.0. The number of aliphatic carboxylic acids is 1. The van der Waals surface area contributed by atoms with Crippen LogP contribution in [-0.4, -0.2) is 47.8 Å². The van der Waals surface area contributed by atoms with E-state index in [4.69, 9.17) is 5.11 Å². The summed E-state index contributed by atoms with van der Waals surface area (Å²) in [5.41, 5.74) is -0.744. The van der Waals surface area contributed by atoms with E-state index in [9.17, 15) is 22.8 Å². The fourth-order valence-electron chi connectivity index (χ4n) is 1.28. The van der Waals surface area contributed by atoms with Gasteiger partial charge < -0.3 is 15.3 Å². The van der Waals surface area contributed by atoms with Gasteiger partial charge in [-0.05, 0) is 5.41 Å². The Morgan fingerprint density at radius 3 is 2.05 bits per heavy atom. The first-order valence-corrected chi connectivity index (χ1v) is 5.66. The molecule has 0 aromatic carbocycles. The molecule has 8 heteroatoms. The van der Waals surface area contributed by atoms with E-state index in [1.165, 1.54) is 7.05 Å². The Labute approximate surface area is 109 Å². The molecule has 0 saturated heterocycles. The minimum absolute atomic E-state index is 0.522. The minimum Gasteiger partial charge on any atom is -0.480 e. The van der Waals surface area contributed by atoms with Crippen LogP contribution in [0.25, 0.3) is 0 Å². The molecule has 0 bridgehead atoms. The number of carboxylic acids is 1. The molecule has 0 spiro atoms. The van der Waals surface area contributed by atoms with Crippen LogP contribution >= 0.6 is 0 Å². The summed E-state index contributed by atoms with van der Waals surface area (Å²) < 4.78 is 36.0. The van der Waals surface area contributed by atoms with Crippen LogP contribution in [0.5, 0.6) is 0 Å². The Morgan fingerprint density at radius 2 is 1.74 bits per heavy atom. The molecule has 0 aromatic heterocycles. The van der Waals surface area contributed by atoms with Crippen molar-refractivity contribution >= 4 is 12.0 Å². The predicted molar refractivity (Wildman–Crippen MR) is 62.7 cm³/mol. The van der Waals surface area contributed by atoms with E-state index < -0.39 is 42.6 Å². The van der Waals surface area contributed by atoms with Gasteiger partial charge >= 0.3 is 18.2 Å². The number of nitrogens with one attached hydrogen (secondary N) is 1. The van der Waals surface area contributed by atoms with Crippen molar-refractivity contribution in [3.05, 3.63) is 0 Å². The summed E-state index contributed by atoms with van der Waals surface area (Å²) in [6.07, 6.45) is -5.49.